The van der Waals surface area contributed by atoms with E-state index in [0.29, 0.717) is 42.2 Å². The van der Waals surface area contributed by atoms with Gasteiger partial charge in [-0.25, -0.2) is 0 Å². The van der Waals surface area contributed by atoms with Crippen LogP contribution in [0.2, 0.25) is 0 Å². The number of piperidine rings is 1. The van der Waals surface area contributed by atoms with Gasteiger partial charge >= 0.3 is 12.1 Å². The fourth-order valence-corrected chi connectivity index (χ4v) is 4.47. The van der Waals surface area contributed by atoms with Gasteiger partial charge in [-0.1, -0.05) is 25.0 Å². The summed E-state index contributed by atoms with van der Waals surface area (Å²) in [5.41, 5.74) is 0.494. The van der Waals surface area contributed by atoms with Crippen molar-refractivity contribution < 1.29 is 41.9 Å². The predicted octanol–water partition coefficient (Wildman–Crippen LogP) is 2.86. The Hall–Kier alpha value is -3.96. The van der Waals surface area contributed by atoms with Crippen molar-refractivity contribution in [3.63, 3.8) is 0 Å². The van der Waals surface area contributed by atoms with Gasteiger partial charge in [-0.3, -0.25) is 34.2 Å². The number of benzene rings is 2. The molecule has 0 radical (unpaired) electrons. The maximum absolute atomic E-state index is 13.4. The summed E-state index contributed by atoms with van der Waals surface area (Å²) in [6, 6.07) is 7.12. The van der Waals surface area contributed by atoms with E-state index in [1.807, 2.05) is 5.32 Å². The van der Waals surface area contributed by atoms with E-state index in [2.05, 4.69) is 5.32 Å². The lowest BCUT2D eigenvalue weighted by atomic mass is 9.91. The number of hydrogen-bond acceptors (Lipinski definition) is 6. The summed E-state index contributed by atoms with van der Waals surface area (Å²) in [4.78, 5) is 62.1. The van der Waals surface area contributed by atoms with Crippen molar-refractivity contribution >= 4 is 40.3 Å². The largest absolute Gasteiger partial charge is 0.494 e. The van der Waals surface area contributed by atoms with Crippen molar-refractivity contribution in [2.75, 3.05) is 13.2 Å². The monoisotopic (exact) mass is 519 g/mol. The van der Waals surface area contributed by atoms with Crippen LogP contribution < -0.4 is 15.4 Å². The summed E-state index contributed by atoms with van der Waals surface area (Å²) in [5.74, 6) is -3.96. The first-order chi connectivity index (χ1) is 17.6. The SMILES string of the molecule is O=C1CCC(N2C(=O)c3cccc4cc(OCCCCCCNC(=O)C(F)(F)F)cc(c34)C2=O)C(=O)N1. The number of imide groups is 2. The van der Waals surface area contributed by atoms with Crippen molar-refractivity contribution in [3.05, 3.63) is 41.5 Å². The predicted molar refractivity (Wildman–Crippen MR) is 124 cm³/mol. The number of unbranched alkanes of at least 4 members (excludes halogenated alkanes) is 3. The fourth-order valence-electron chi connectivity index (χ4n) is 4.47. The highest BCUT2D eigenvalue weighted by Gasteiger charge is 2.42. The Bertz CT molecular complexity index is 1280. The van der Waals surface area contributed by atoms with Gasteiger partial charge in [-0.05, 0) is 42.8 Å². The molecule has 2 heterocycles. The van der Waals surface area contributed by atoms with Crippen LogP contribution in [0.3, 0.4) is 0 Å². The molecule has 1 saturated heterocycles. The van der Waals surface area contributed by atoms with Gasteiger partial charge in [-0.15, -0.1) is 0 Å². The molecule has 0 spiro atoms. The Balaban J connectivity index is 1.39. The summed E-state index contributed by atoms with van der Waals surface area (Å²) in [6.45, 7) is 0.212. The van der Waals surface area contributed by atoms with Crippen LogP contribution >= 0.6 is 0 Å². The molecule has 1 atom stereocenters. The van der Waals surface area contributed by atoms with Crippen LogP contribution in [0.15, 0.2) is 30.3 Å². The fraction of sp³-hybridized carbons (Fsp3) is 0.400. The van der Waals surface area contributed by atoms with Gasteiger partial charge in [0, 0.05) is 23.9 Å². The molecule has 0 saturated carbocycles. The van der Waals surface area contributed by atoms with Crippen LogP contribution in [0.4, 0.5) is 13.2 Å². The Morgan fingerprint density at radius 3 is 2.49 bits per heavy atom. The normalized spacial score (nSPS) is 17.7. The Morgan fingerprint density at radius 1 is 1.03 bits per heavy atom. The first-order valence-corrected chi connectivity index (χ1v) is 11.8. The van der Waals surface area contributed by atoms with Crippen LogP contribution in [0.25, 0.3) is 10.8 Å². The van der Waals surface area contributed by atoms with Gasteiger partial charge in [-0.2, -0.15) is 13.2 Å². The smallest absolute Gasteiger partial charge is 0.471 e. The lowest BCUT2D eigenvalue weighted by molar-refractivity contribution is -0.173. The van der Waals surface area contributed by atoms with E-state index in [1.165, 1.54) is 6.07 Å². The molecule has 1 fully saturated rings. The number of amides is 5. The molecule has 4 rings (SSSR count). The zero-order valence-corrected chi connectivity index (χ0v) is 19.7. The molecule has 2 aromatic rings. The molecule has 0 aromatic heterocycles. The molecule has 2 aromatic carbocycles. The van der Waals surface area contributed by atoms with Gasteiger partial charge in [0.25, 0.3) is 11.8 Å². The summed E-state index contributed by atoms with van der Waals surface area (Å²) >= 11 is 0. The van der Waals surface area contributed by atoms with Crippen molar-refractivity contribution in [1.29, 1.82) is 0 Å². The third kappa shape index (κ3) is 5.57. The maximum Gasteiger partial charge on any atom is 0.471 e. The molecule has 0 aliphatic carbocycles. The van der Waals surface area contributed by atoms with Crippen molar-refractivity contribution in [2.45, 2.75) is 50.7 Å². The zero-order chi connectivity index (χ0) is 26.7. The van der Waals surface area contributed by atoms with Gasteiger partial charge in [0.15, 0.2) is 0 Å². The second-order valence-electron chi connectivity index (χ2n) is 8.84. The summed E-state index contributed by atoms with van der Waals surface area (Å²) in [5, 5.41) is 5.08. The average Bonchev–Trinajstić information content (AvgIpc) is 2.84. The Labute approximate surface area is 209 Å². The highest BCUT2D eigenvalue weighted by molar-refractivity contribution is 6.27. The third-order valence-electron chi connectivity index (χ3n) is 6.25. The van der Waals surface area contributed by atoms with E-state index in [9.17, 15) is 37.1 Å². The lowest BCUT2D eigenvalue weighted by Crippen LogP contribution is -2.57. The number of carbonyl (C=O) groups is 5. The molecule has 2 aliphatic heterocycles. The minimum absolute atomic E-state index is 0.0162. The first-order valence-electron chi connectivity index (χ1n) is 11.8. The van der Waals surface area contributed by atoms with Gasteiger partial charge in [0.2, 0.25) is 11.8 Å². The number of nitrogens with zero attached hydrogens (tertiary/aromatic N) is 1. The zero-order valence-electron chi connectivity index (χ0n) is 19.7. The molecule has 2 N–H and O–H groups in total. The van der Waals surface area contributed by atoms with Gasteiger partial charge < -0.3 is 10.1 Å². The van der Waals surface area contributed by atoms with Crippen LogP contribution in [-0.2, 0) is 14.4 Å². The quantitative estimate of drug-likeness (QED) is 0.388. The molecule has 1 unspecified atom stereocenters. The van der Waals surface area contributed by atoms with E-state index in [0.717, 1.165) is 4.90 Å². The molecular weight excluding hydrogens is 495 g/mol. The molecule has 37 heavy (non-hydrogen) atoms. The van der Waals surface area contributed by atoms with Crippen molar-refractivity contribution in [2.24, 2.45) is 0 Å². The second kappa shape index (κ2) is 10.6. The first kappa shape index (κ1) is 26.1. The molecule has 196 valence electrons. The van der Waals surface area contributed by atoms with Crippen LogP contribution in [0.5, 0.6) is 5.75 Å². The number of halogens is 3. The topological polar surface area (TPSA) is 122 Å². The molecular formula is C25H24F3N3O6. The number of nitrogens with one attached hydrogen (secondary N) is 2. The summed E-state index contributed by atoms with van der Waals surface area (Å²) in [6.07, 6.45) is -2.59. The summed E-state index contributed by atoms with van der Waals surface area (Å²) in [7, 11) is 0. The third-order valence-corrected chi connectivity index (χ3v) is 6.25. The number of alkyl halides is 3. The van der Waals surface area contributed by atoms with Gasteiger partial charge in [0.05, 0.1) is 12.2 Å². The van der Waals surface area contributed by atoms with Crippen molar-refractivity contribution in [3.8, 4) is 5.75 Å². The van der Waals surface area contributed by atoms with E-state index in [1.54, 1.807) is 24.3 Å². The number of ether oxygens (including phenoxy) is 1. The number of rotatable bonds is 9. The molecule has 5 amide bonds. The van der Waals surface area contributed by atoms with E-state index >= 15 is 0 Å². The van der Waals surface area contributed by atoms with E-state index in [4.69, 9.17) is 4.74 Å². The Morgan fingerprint density at radius 2 is 1.76 bits per heavy atom. The second-order valence-corrected chi connectivity index (χ2v) is 8.84. The van der Waals surface area contributed by atoms with Crippen LogP contribution in [-0.4, -0.2) is 59.8 Å². The highest BCUT2D eigenvalue weighted by Crippen LogP contribution is 2.35. The van der Waals surface area contributed by atoms with Crippen molar-refractivity contribution in [1.82, 2.24) is 15.5 Å². The number of carbonyl (C=O) groups excluding carboxylic acids is 5. The van der Waals surface area contributed by atoms with Gasteiger partial charge in [0.1, 0.15) is 11.8 Å². The minimum atomic E-state index is -4.89. The Kier molecular flexibility index (Phi) is 7.46. The van der Waals surface area contributed by atoms with Crippen LogP contribution in [0, 0.1) is 0 Å². The average molecular weight is 519 g/mol. The van der Waals surface area contributed by atoms with E-state index in [-0.39, 0.29) is 37.1 Å². The maximum atomic E-state index is 13.4. The summed E-state index contributed by atoms with van der Waals surface area (Å²) < 4.78 is 42.3. The molecule has 9 nitrogen and oxygen atoms in total. The highest BCUT2D eigenvalue weighted by atomic mass is 19.4. The molecule has 2 aliphatic rings. The van der Waals surface area contributed by atoms with E-state index < -0.39 is 41.8 Å². The lowest BCUT2D eigenvalue weighted by Gasteiger charge is -2.34. The molecule has 0 bridgehead atoms. The minimum Gasteiger partial charge on any atom is -0.494 e. The van der Waals surface area contributed by atoms with Crippen LogP contribution in [0.1, 0.15) is 59.2 Å². The molecule has 12 heteroatoms. The standard InChI is InChI=1S/C25H24F3N3O6/c26-25(27,28)24(36)29-10-3-1-2-4-11-37-15-12-14-6-5-7-16-20(14)17(13-15)23(35)31(22(16)34)18-8-9-19(32)30-21(18)33/h5-7,12-13,18H,1-4,8-11H2,(H,29,36)(H,30,32,33). The number of hydrogen-bond donors (Lipinski definition) is 2.